The van der Waals surface area contributed by atoms with E-state index in [0.29, 0.717) is 25.8 Å². The second-order valence-corrected chi connectivity index (χ2v) is 7.78. The number of nitrogens with zero attached hydrogens (tertiary/aromatic N) is 3. The highest BCUT2D eigenvalue weighted by atomic mass is 16.5. The van der Waals surface area contributed by atoms with Gasteiger partial charge in [-0.3, -0.25) is 14.5 Å². The van der Waals surface area contributed by atoms with Gasteiger partial charge in [-0.05, 0) is 45.0 Å². The molecule has 0 spiro atoms. The normalized spacial score (nSPS) is 17.8. The van der Waals surface area contributed by atoms with Gasteiger partial charge in [0.15, 0.2) is 0 Å². The van der Waals surface area contributed by atoms with Crippen LogP contribution >= 0.6 is 0 Å². The molecule has 0 saturated heterocycles. The Labute approximate surface area is 189 Å². The van der Waals surface area contributed by atoms with Gasteiger partial charge in [-0.1, -0.05) is 32.4 Å². The highest BCUT2D eigenvalue weighted by Gasteiger charge is 2.36. The van der Waals surface area contributed by atoms with Crippen molar-refractivity contribution in [2.45, 2.75) is 46.0 Å². The fourth-order valence-corrected chi connectivity index (χ4v) is 3.68. The van der Waals surface area contributed by atoms with Gasteiger partial charge in [-0.2, -0.15) is 4.99 Å². The molecule has 176 valence electrons. The summed E-state index contributed by atoms with van der Waals surface area (Å²) in [5.41, 5.74) is 0.514. The van der Waals surface area contributed by atoms with Crippen molar-refractivity contribution in [2.24, 2.45) is 10.9 Å². The van der Waals surface area contributed by atoms with Crippen LogP contribution in [0, 0.1) is 5.92 Å². The summed E-state index contributed by atoms with van der Waals surface area (Å²) in [6.45, 7) is 8.20. The molecular weight excluding hydrogens is 412 g/mol. The summed E-state index contributed by atoms with van der Waals surface area (Å²) < 4.78 is 4.66. The number of carbonyl (C=O) groups excluding carboxylic acids is 4. The number of hydrogen-bond acceptors (Lipinski definition) is 6. The zero-order valence-corrected chi connectivity index (χ0v) is 19.3. The van der Waals surface area contributed by atoms with E-state index in [1.807, 2.05) is 0 Å². The van der Waals surface area contributed by atoms with E-state index in [-0.39, 0.29) is 29.6 Å². The number of hydrogen-bond donors (Lipinski definition) is 1. The van der Waals surface area contributed by atoms with E-state index in [1.165, 1.54) is 19.3 Å². The van der Waals surface area contributed by atoms with Crippen molar-refractivity contribution in [1.29, 1.82) is 0 Å². The topological polar surface area (TPSA) is 108 Å². The highest BCUT2D eigenvalue weighted by Crippen LogP contribution is 2.23. The number of ether oxygens (including phenoxy) is 1. The molecule has 1 aliphatic heterocycles. The number of unbranched alkanes of at least 4 members (excludes halogenated alkanes) is 2. The molecular formula is C23H34N4O5. The smallest absolute Gasteiger partial charge is 0.350 e. The Morgan fingerprint density at radius 2 is 1.91 bits per heavy atom. The Kier molecular flexibility index (Phi) is 10.3. The molecule has 0 bridgehead atoms. The lowest BCUT2D eigenvalue weighted by Gasteiger charge is -2.28. The summed E-state index contributed by atoms with van der Waals surface area (Å²) >= 11 is 0. The molecule has 0 fully saturated rings. The first-order valence-corrected chi connectivity index (χ1v) is 11.3. The number of allylic oxidation sites excluding steroid dienone is 1. The zero-order chi connectivity index (χ0) is 23.5. The van der Waals surface area contributed by atoms with Gasteiger partial charge >= 0.3 is 12.0 Å². The SMILES string of the molecule is CCN(CC)CCCNC(=O)CCCCCN1C(=O)N=C2C=C(C(=O)OC)C=CC2C1=O. The summed E-state index contributed by atoms with van der Waals surface area (Å²) in [5, 5.41) is 2.94. The monoisotopic (exact) mass is 446 g/mol. The molecule has 0 saturated carbocycles. The fourth-order valence-electron chi connectivity index (χ4n) is 3.68. The number of rotatable bonds is 13. The molecule has 32 heavy (non-hydrogen) atoms. The van der Waals surface area contributed by atoms with Gasteiger partial charge in [0.2, 0.25) is 11.8 Å². The van der Waals surface area contributed by atoms with Crippen LogP contribution in [0.25, 0.3) is 0 Å². The number of methoxy groups -OCH3 is 1. The van der Waals surface area contributed by atoms with E-state index in [0.717, 1.165) is 37.4 Å². The number of carbonyl (C=O) groups is 4. The molecule has 1 heterocycles. The summed E-state index contributed by atoms with van der Waals surface area (Å²) in [6.07, 6.45) is 7.90. The summed E-state index contributed by atoms with van der Waals surface area (Å²) in [4.78, 5) is 56.0. The third-order valence-electron chi connectivity index (χ3n) is 5.65. The van der Waals surface area contributed by atoms with Gasteiger partial charge in [0.1, 0.15) is 0 Å². The summed E-state index contributed by atoms with van der Waals surface area (Å²) in [6, 6.07) is -0.622. The maximum Gasteiger partial charge on any atom is 0.350 e. The molecule has 1 unspecified atom stereocenters. The number of urea groups is 1. The van der Waals surface area contributed by atoms with Crippen LogP contribution in [0.5, 0.6) is 0 Å². The maximum atomic E-state index is 12.7. The third-order valence-corrected chi connectivity index (χ3v) is 5.65. The van der Waals surface area contributed by atoms with Crippen molar-refractivity contribution < 1.29 is 23.9 Å². The van der Waals surface area contributed by atoms with Crippen LogP contribution in [-0.2, 0) is 19.1 Å². The van der Waals surface area contributed by atoms with Gasteiger partial charge < -0.3 is 15.0 Å². The molecule has 2 aliphatic rings. The second-order valence-electron chi connectivity index (χ2n) is 7.78. The van der Waals surface area contributed by atoms with Crippen molar-refractivity contribution in [3.63, 3.8) is 0 Å². The van der Waals surface area contributed by atoms with Crippen molar-refractivity contribution in [2.75, 3.05) is 39.8 Å². The van der Waals surface area contributed by atoms with Crippen LogP contribution in [0.15, 0.2) is 28.8 Å². The highest BCUT2D eigenvalue weighted by molar-refractivity contribution is 6.23. The molecule has 9 nitrogen and oxygen atoms in total. The average Bonchev–Trinajstić information content (AvgIpc) is 2.79. The summed E-state index contributed by atoms with van der Waals surface area (Å²) in [5.74, 6) is -1.52. The Hall–Kier alpha value is -2.81. The lowest BCUT2D eigenvalue weighted by atomic mass is 9.92. The first-order chi connectivity index (χ1) is 15.4. The van der Waals surface area contributed by atoms with Crippen LogP contribution < -0.4 is 5.32 Å². The number of imide groups is 1. The molecule has 2 rings (SSSR count). The average molecular weight is 447 g/mol. The molecule has 0 aromatic heterocycles. The van der Waals surface area contributed by atoms with E-state index in [9.17, 15) is 19.2 Å². The van der Waals surface area contributed by atoms with Crippen LogP contribution in [-0.4, -0.2) is 79.2 Å². The Bertz CT molecular complexity index is 798. The van der Waals surface area contributed by atoms with Crippen LogP contribution in [0.2, 0.25) is 0 Å². The maximum absolute atomic E-state index is 12.7. The van der Waals surface area contributed by atoms with E-state index >= 15 is 0 Å². The lowest BCUT2D eigenvalue weighted by Crippen LogP contribution is -2.46. The Morgan fingerprint density at radius 3 is 2.59 bits per heavy atom. The lowest BCUT2D eigenvalue weighted by molar-refractivity contribution is -0.136. The van der Waals surface area contributed by atoms with Gasteiger partial charge in [-0.25, -0.2) is 9.59 Å². The van der Waals surface area contributed by atoms with Gasteiger partial charge in [0.05, 0.1) is 24.3 Å². The standard InChI is InChI=1S/C23H34N4O5/c1-4-26(5-2)14-9-13-24-20(28)10-7-6-8-15-27-21(29)18-12-11-17(22(30)32-3)16-19(18)25-23(27)31/h11-12,16,18H,4-10,13-15H2,1-3H3,(H,24,28). The van der Waals surface area contributed by atoms with Crippen molar-refractivity contribution in [3.05, 3.63) is 23.8 Å². The minimum atomic E-state index is -0.664. The first kappa shape index (κ1) is 25.5. The number of amides is 4. The fraction of sp³-hybridized carbons (Fsp3) is 0.609. The number of esters is 1. The Balaban J connectivity index is 1.69. The van der Waals surface area contributed by atoms with E-state index in [1.54, 1.807) is 6.08 Å². The van der Waals surface area contributed by atoms with Crippen LogP contribution in [0.1, 0.15) is 46.0 Å². The van der Waals surface area contributed by atoms with Crippen molar-refractivity contribution in [1.82, 2.24) is 15.1 Å². The van der Waals surface area contributed by atoms with Gasteiger partial charge in [0.25, 0.3) is 0 Å². The summed E-state index contributed by atoms with van der Waals surface area (Å²) in [7, 11) is 1.26. The Morgan fingerprint density at radius 1 is 1.16 bits per heavy atom. The van der Waals surface area contributed by atoms with Crippen molar-refractivity contribution >= 4 is 29.5 Å². The molecule has 9 heteroatoms. The largest absolute Gasteiger partial charge is 0.465 e. The van der Waals surface area contributed by atoms with Gasteiger partial charge in [-0.15, -0.1) is 0 Å². The van der Waals surface area contributed by atoms with Gasteiger partial charge in [0, 0.05) is 19.5 Å². The number of aliphatic imine (C=N–C) groups is 1. The quantitative estimate of drug-likeness (QED) is 0.343. The number of fused-ring (bicyclic) bond motifs is 1. The molecule has 0 aromatic carbocycles. The van der Waals surface area contributed by atoms with Crippen LogP contribution in [0.3, 0.4) is 0 Å². The minimum absolute atomic E-state index is 0.0319. The minimum Gasteiger partial charge on any atom is -0.465 e. The molecule has 0 radical (unpaired) electrons. The molecule has 1 aliphatic carbocycles. The predicted octanol–water partition coefficient (Wildman–Crippen LogP) is 2.08. The van der Waals surface area contributed by atoms with Crippen molar-refractivity contribution in [3.8, 4) is 0 Å². The van der Waals surface area contributed by atoms with Crippen LogP contribution in [0.4, 0.5) is 4.79 Å². The molecule has 0 aromatic rings. The third kappa shape index (κ3) is 7.12. The predicted molar refractivity (Wildman–Crippen MR) is 121 cm³/mol. The number of nitrogens with one attached hydrogen (secondary N) is 1. The first-order valence-electron chi connectivity index (χ1n) is 11.3. The van der Waals surface area contributed by atoms with E-state index in [4.69, 9.17) is 0 Å². The van der Waals surface area contributed by atoms with E-state index < -0.39 is 17.9 Å². The zero-order valence-electron chi connectivity index (χ0n) is 19.3. The molecule has 4 amide bonds. The molecule has 1 N–H and O–H groups in total. The molecule has 1 atom stereocenters. The van der Waals surface area contributed by atoms with E-state index in [2.05, 4.69) is 33.8 Å². The second kappa shape index (κ2) is 12.9.